The first-order valence-electron chi connectivity index (χ1n) is 11.1. The fourth-order valence-corrected chi connectivity index (χ4v) is 4.32. The van der Waals surface area contributed by atoms with Crippen LogP contribution in [0.5, 0.6) is 5.75 Å². The highest BCUT2D eigenvalue weighted by molar-refractivity contribution is 5.75. The highest BCUT2D eigenvalue weighted by Gasteiger charge is 2.13. The van der Waals surface area contributed by atoms with Gasteiger partial charge in [0.15, 0.2) is 0 Å². The number of hydrogen-bond donors (Lipinski definition) is 0. The molecule has 0 N–H and O–H groups in total. The van der Waals surface area contributed by atoms with Crippen LogP contribution in [0.1, 0.15) is 42.6 Å². The van der Waals surface area contributed by atoms with Crippen LogP contribution in [0, 0.1) is 13.8 Å². The quantitative estimate of drug-likeness (QED) is 0.473. The van der Waals surface area contributed by atoms with Crippen LogP contribution < -0.4 is 4.74 Å². The molecular formula is C25H33N3O. The summed E-state index contributed by atoms with van der Waals surface area (Å²) in [7, 11) is 0. The lowest BCUT2D eigenvalue weighted by atomic mass is 10.1. The Kier molecular flexibility index (Phi) is 6.50. The van der Waals surface area contributed by atoms with E-state index in [1.807, 2.05) is 0 Å². The predicted octanol–water partition coefficient (Wildman–Crippen LogP) is 5.15. The highest BCUT2D eigenvalue weighted by atomic mass is 16.5. The number of imidazole rings is 1. The van der Waals surface area contributed by atoms with Crippen LogP contribution >= 0.6 is 0 Å². The van der Waals surface area contributed by atoms with Crippen molar-refractivity contribution in [2.24, 2.45) is 0 Å². The van der Waals surface area contributed by atoms with Crippen molar-refractivity contribution in [2.75, 3.05) is 26.2 Å². The monoisotopic (exact) mass is 391 g/mol. The number of ether oxygens (including phenoxy) is 1. The van der Waals surface area contributed by atoms with Gasteiger partial charge in [-0.25, -0.2) is 4.98 Å². The molecule has 0 bridgehead atoms. The average molecular weight is 392 g/mol. The summed E-state index contributed by atoms with van der Waals surface area (Å²) in [5.41, 5.74) is 4.88. The van der Waals surface area contributed by atoms with E-state index < -0.39 is 0 Å². The number of benzene rings is 2. The van der Waals surface area contributed by atoms with E-state index in [-0.39, 0.29) is 0 Å². The second-order valence-electron chi connectivity index (χ2n) is 8.22. The summed E-state index contributed by atoms with van der Waals surface area (Å²) in [5.74, 6) is 2.23. The predicted molar refractivity (Wildman–Crippen MR) is 120 cm³/mol. The summed E-state index contributed by atoms with van der Waals surface area (Å²) in [4.78, 5) is 7.53. The van der Waals surface area contributed by atoms with Crippen molar-refractivity contribution in [1.82, 2.24) is 14.5 Å². The SMILES string of the molecule is Cc1cccc(OCCCn2c(CCCN3CCCC3)nc3ccccc32)c1C. The molecule has 29 heavy (non-hydrogen) atoms. The molecule has 0 spiro atoms. The lowest BCUT2D eigenvalue weighted by Crippen LogP contribution is -2.21. The Balaban J connectivity index is 1.38. The number of para-hydroxylation sites is 2. The number of fused-ring (bicyclic) bond motifs is 1. The van der Waals surface area contributed by atoms with Gasteiger partial charge in [0.25, 0.3) is 0 Å². The van der Waals surface area contributed by atoms with E-state index in [9.17, 15) is 0 Å². The fraction of sp³-hybridized carbons (Fsp3) is 0.480. The largest absolute Gasteiger partial charge is 0.493 e. The molecule has 0 atom stereocenters. The molecule has 1 aliphatic rings. The summed E-state index contributed by atoms with van der Waals surface area (Å²) in [6.45, 7) is 9.67. The molecule has 0 aliphatic carbocycles. The van der Waals surface area contributed by atoms with Gasteiger partial charge < -0.3 is 14.2 Å². The van der Waals surface area contributed by atoms with E-state index in [1.54, 1.807) is 0 Å². The van der Waals surface area contributed by atoms with Crippen molar-refractivity contribution in [1.29, 1.82) is 0 Å². The molecule has 1 aromatic heterocycles. The zero-order valence-electron chi connectivity index (χ0n) is 17.9. The summed E-state index contributed by atoms with van der Waals surface area (Å²) in [5, 5.41) is 0. The zero-order chi connectivity index (χ0) is 20.1. The summed E-state index contributed by atoms with van der Waals surface area (Å²) in [6.07, 6.45) is 5.93. The molecule has 4 heteroatoms. The molecule has 1 fully saturated rings. The van der Waals surface area contributed by atoms with E-state index in [0.717, 1.165) is 37.3 Å². The molecular weight excluding hydrogens is 358 g/mol. The maximum atomic E-state index is 6.08. The Labute approximate surface area is 174 Å². The van der Waals surface area contributed by atoms with Crippen molar-refractivity contribution in [3.63, 3.8) is 0 Å². The zero-order valence-corrected chi connectivity index (χ0v) is 17.9. The van der Waals surface area contributed by atoms with Crippen molar-refractivity contribution >= 4 is 11.0 Å². The van der Waals surface area contributed by atoms with Crippen LogP contribution in [-0.4, -0.2) is 40.7 Å². The molecule has 1 aliphatic heterocycles. The van der Waals surface area contributed by atoms with Gasteiger partial charge in [-0.05, 0) is 88.5 Å². The molecule has 154 valence electrons. The third-order valence-corrected chi connectivity index (χ3v) is 6.15. The third kappa shape index (κ3) is 4.81. The molecule has 0 saturated carbocycles. The van der Waals surface area contributed by atoms with Gasteiger partial charge >= 0.3 is 0 Å². The van der Waals surface area contributed by atoms with Gasteiger partial charge in [-0.3, -0.25) is 0 Å². The maximum Gasteiger partial charge on any atom is 0.122 e. The maximum absolute atomic E-state index is 6.08. The van der Waals surface area contributed by atoms with Crippen LogP contribution in [0.2, 0.25) is 0 Å². The van der Waals surface area contributed by atoms with Crippen LogP contribution in [-0.2, 0) is 13.0 Å². The minimum atomic E-state index is 0.726. The van der Waals surface area contributed by atoms with Gasteiger partial charge in [-0.2, -0.15) is 0 Å². The van der Waals surface area contributed by atoms with Crippen molar-refractivity contribution in [3.05, 3.63) is 59.4 Å². The number of nitrogens with zero attached hydrogens (tertiary/aromatic N) is 3. The number of rotatable bonds is 9. The Morgan fingerprint density at radius 3 is 2.62 bits per heavy atom. The Morgan fingerprint density at radius 1 is 0.931 bits per heavy atom. The molecule has 2 aromatic carbocycles. The average Bonchev–Trinajstić information content (AvgIpc) is 3.36. The Hall–Kier alpha value is -2.33. The van der Waals surface area contributed by atoms with E-state index in [1.165, 1.54) is 61.4 Å². The van der Waals surface area contributed by atoms with E-state index in [0.29, 0.717) is 0 Å². The summed E-state index contributed by atoms with van der Waals surface area (Å²) < 4.78 is 8.48. The van der Waals surface area contributed by atoms with Crippen LogP contribution in [0.4, 0.5) is 0 Å². The van der Waals surface area contributed by atoms with Crippen molar-refractivity contribution in [3.8, 4) is 5.75 Å². The number of hydrogen-bond acceptors (Lipinski definition) is 3. The number of aryl methyl sites for hydroxylation is 3. The Bertz CT molecular complexity index is 940. The summed E-state index contributed by atoms with van der Waals surface area (Å²) >= 11 is 0. The van der Waals surface area contributed by atoms with Gasteiger partial charge in [0.1, 0.15) is 11.6 Å². The molecule has 4 nitrogen and oxygen atoms in total. The van der Waals surface area contributed by atoms with Crippen LogP contribution in [0.15, 0.2) is 42.5 Å². The van der Waals surface area contributed by atoms with Gasteiger partial charge in [-0.15, -0.1) is 0 Å². The standard InChI is InChI=1S/C25H33N3O/c1-20-10-7-13-24(21(20)2)29-19-9-18-28-23-12-4-3-11-22(23)26-25(28)14-8-17-27-15-5-6-16-27/h3-4,7,10-13H,5-6,8-9,14-19H2,1-2H3. The van der Waals surface area contributed by atoms with Gasteiger partial charge in [0, 0.05) is 13.0 Å². The lowest BCUT2D eigenvalue weighted by molar-refractivity contribution is 0.299. The third-order valence-electron chi connectivity index (χ3n) is 6.15. The number of aromatic nitrogens is 2. The van der Waals surface area contributed by atoms with Gasteiger partial charge in [0.05, 0.1) is 17.6 Å². The molecule has 1 saturated heterocycles. The fourth-order valence-electron chi connectivity index (χ4n) is 4.32. The molecule has 4 rings (SSSR count). The number of likely N-dealkylation sites (tertiary alicyclic amines) is 1. The highest BCUT2D eigenvalue weighted by Crippen LogP contribution is 2.22. The van der Waals surface area contributed by atoms with E-state index in [4.69, 9.17) is 9.72 Å². The topological polar surface area (TPSA) is 30.3 Å². The lowest BCUT2D eigenvalue weighted by Gasteiger charge is -2.15. The van der Waals surface area contributed by atoms with Gasteiger partial charge in [-0.1, -0.05) is 24.3 Å². The van der Waals surface area contributed by atoms with Gasteiger partial charge in [0.2, 0.25) is 0 Å². The molecule has 3 aromatic rings. The minimum absolute atomic E-state index is 0.726. The summed E-state index contributed by atoms with van der Waals surface area (Å²) in [6, 6.07) is 14.8. The molecule has 0 radical (unpaired) electrons. The minimum Gasteiger partial charge on any atom is -0.493 e. The first kappa shape index (κ1) is 20.0. The van der Waals surface area contributed by atoms with Crippen LogP contribution in [0.25, 0.3) is 11.0 Å². The van der Waals surface area contributed by atoms with E-state index in [2.05, 4.69) is 65.8 Å². The van der Waals surface area contributed by atoms with Crippen molar-refractivity contribution < 1.29 is 4.74 Å². The Morgan fingerprint density at radius 2 is 1.76 bits per heavy atom. The second-order valence-corrected chi connectivity index (χ2v) is 8.22. The normalized spacial score (nSPS) is 14.7. The first-order chi connectivity index (χ1) is 14.2. The molecule has 2 heterocycles. The second kappa shape index (κ2) is 9.45. The van der Waals surface area contributed by atoms with Crippen LogP contribution in [0.3, 0.4) is 0 Å². The van der Waals surface area contributed by atoms with E-state index >= 15 is 0 Å². The molecule has 0 unspecified atom stereocenters. The molecule has 0 amide bonds. The smallest absolute Gasteiger partial charge is 0.122 e. The first-order valence-corrected chi connectivity index (χ1v) is 11.1. The van der Waals surface area contributed by atoms with Crippen molar-refractivity contribution in [2.45, 2.75) is 52.5 Å².